The molecule has 0 spiro atoms. The minimum atomic E-state index is 0.113. The molecule has 5 heteroatoms. The van der Waals surface area contributed by atoms with Gasteiger partial charge in [0.05, 0.1) is 13.2 Å². The van der Waals surface area contributed by atoms with E-state index in [1.54, 1.807) is 7.11 Å². The molecule has 2 aliphatic carbocycles. The van der Waals surface area contributed by atoms with Crippen molar-refractivity contribution in [2.45, 2.75) is 75.1 Å². The summed E-state index contributed by atoms with van der Waals surface area (Å²) in [6.07, 6.45) is 9.68. The molecule has 0 aliphatic heterocycles. The Bertz CT molecular complexity index is 275. The quantitative estimate of drug-likeness (QED) is 0.436. The Morgan fingerprint density at radius 3 is 2.00 bits per heavy atom. The predicted octanol–water partition coefficient (Wildman–Crippen LogP) is 3.14. The van der Waals surface area contributed by atoms with E-state index in [1.165, 1.54) is 45.8 Å². The standard InChI is InChI=1S/C14H27BN2O2/c1-17(19-2)14-9-5-12(6-10-14)15-11-3-7-13(16-18)8-4-11/h11-15H,3-10H2,1-2H3. The molecule has 0 aromatic heterocycles. The molecule has 2 saturated carbocycles. The lowest BCUT2D eigenvalue weighted by molar-refractivity contribution is -0.147. The molecule has 4 nitrogen and oxygen atoms in total. The molecule has 2 fully saturated rings. The summed E-state index contributed by atoms with van der Waals surface area (Å²) in [5.74, 6) is 1.74. The Hall–Kier alpha value is -0.415. The summed E-state index contributed by atoms with van der Waals surface area (Å²) in [5.41, 5.74) is 0. The van der Waals surface area contributed by atoms with E-state index in [2.05, 4.69) is 5.18 Å². The number of hydroxylamine groups is 2. The van der Waals surface area contributed by atoms with Crippen molar-refractivity contribution in [3.8, 4) is 0 Å². The molecule has 108 valence electrons. The normalized spacial score (nSPS) is 36.2. The highest BCUT2D eigenvalue weighted by Crippen LogP contribution is 2.37. The van der Waals surface area contributed by atoms with Crippen LogP contribution in [0.4, 0.5) is 0 Å². The van der Waals surface area contributed by atoms with Crippen LogP contribution >= 0.6 is 0 Å². The van der Waals surface area contributed by atoms with Crippen LogP contribution in [0.1, 0.15) is 51.4 Å². The Morgan fingerprint density at radius 2 is 1.53 bits per heavy atom. The lowest BCUT2D eigenvalue weighted by Gasteiger charge is -2.35. The maximum Gasteiger partial charge on any atom is 0.127 e. The third kappa shape index (κ3) is 4.28. The van der Waals surface area contributed by atoms with Gasteiger partial charge in [0.1, 0.15) is 7.28 Å². The highest BCUT2D eigenvalue weighted by Gasteiger charge is 2.29. The van der Waals surface area contributed by atoms with Crippen LogP contribution in [0.3, 0.4) is 0 Å². The van der Waals surface area contributed by atoms with Crippen molar-refractivity contribution in [1.29, 1.82) is 0 Å². The first-order chi connectivity index (χ1) is 9.22. The first-order valence-corrected chi connectivity index (χ1v) is 7.82. The predicted molar refractivity (Wildman–Crippen MR) is 79.7 cm³/mol. The first kappa shape index (κ1) is 15.0. The fourth-order valence-corrected chi connectivity index (χ4v) is 3.85. The molecule has 0 aromatic carbocycles. The number of nitrogens with zero attached hydrogens (tertiary/aromatic N) is 2. The Morgan fingerprint density at radius 1 is 1.00 bits per heavy atom. The van der Waals surface area contributed by atoms with Gasteiger partial charge < -0.3 is 4.84 Å². The monoisotopic (exact) mass is 266 g/mol. The van der Waals surface area contributed by atoms with Crippen molar-refractivity contribution in [3.63, 3.8) is 0 Å². The average molecular weight is 266 g/mol. The van der Waals surface area contributed by atoms with Gasteiger partial charge in [-0.3, -0.25) is 0 Å². The number of hydrogen-bond donors (Lipinski definition) is 0. The van der Waals surface area contributed by atoms with Gasteiger partial charge in [0.25, 0.3) is 0 Å². The van der Waals surface area contributed by atoms with E-state index < -0.39 is 0 Å². The molecule has 0 amide bonds. The Kier molecular flexibility index (Phi) is 5.83. The molecule has 19 heavy (non-hydrogen) atoms. The van der Waals surface area contributed by atoms with Gasteiger partial charge in [0, 0.05) is 13.1 Å². The molecule has 0 radical (unpaired) electrons. The number of hydrogen-bond acceptors (Lipinski definition) is 4. The topological polar surface area (TPSA) is 41.9 Å². The highest BCUT2D eigenvalue weighted by atomic mass is 16.7. The molecule has 0 aromatic rings. The molecule has 2 rings (SSSR count). The smallest absolute Gasteiger partial charge is 0.127 e. The maximum atomic E-state index is 10.5. The van der Waals surface area contributed by atoms with Crippen LogP contribution < -0.4 is 0 Å². The van der Waals surface area contributed by atoms with Crippen LogP contribution in [0.15, 0.2) is 5.18 Å². The molecule has 0 atom stereocenters. The van der Waals surface area contributed by atoms with Crippen LogP contribution in [-0.2, 0) is 4.84 Å². The summed E-state index contributed by atoms with van der Waals surface area (Å²) in [5, 5.41) is 5.21. The van der Waals surface area contributed by atoms with Gasteiger partial charge >= 0.3 is 0 Å². The Labute approximate surface area is 117 Å². The van der Waals surface area contributed by atoms with Crippen LogP contribution in [0.25, 0.3) is 0 Å². The molecular weight excluding hydrogens is 239 g/mol. The fraction of sp³-hybridized carbons (Fsp3) is 1.00. The minimum Gasteiger partial charge on any atom is -0.302 e. The number of rotatable bonds is 5. The van der Waals surface area contributed by atoms with E-state index in [1.807, 2.05) is 12.1 Å². The zero-order chi connectivity index (χ0) is 13.7. The third-order valence-electron chi connectivity index (χ3n) is 5.25. The molecule has 0 N–H and O–H groups in total. The van der Waals surface area contributed by atoms with Gasteiger partial charge in [-0.25, -0.2) is 0 Å². The second-order valence-electron chi connectivity index (χ2n) is 6.42. The van der Waals surface area contributed by atoms with Gasteiger partial charge in [0.2, 0.25) is 0 Å². The van der Waals surface area contributed by atoms with Crippen molar-refractivity contribution in [1.82, 2.24) is 5.06 Å². The molecule has 0 bridgehead atoms. The zero-order valence-electron chi connectivity index (χ0n) is 12.4. The zero-order valence-corrected chi connectivity index (χ0v) is 12.4. The number of nitroso groups, excluding NO2 is 1. The summed E-state index contributed by atoms with van der Waals surface area (Å²) in [4.78, 5) is 15.8. The van der Waals surface area contributed by atoms with Gasteiger partial charge in [-0.1, -0.05) is 42.5 Å². The van der Waals surface area contributed by atoms with Gasteiger partial charge in [0.15, 0.2) is 0 Å². The van der Waals surface area contributed by atoms with Crippen LogP contribution in [0.2, 0.25) is 11.6 Å². The summed E-state index contributed by atoms with van der Waals surface area (Å²) < 4.78 is 0. The van der Waals surface area contributed by atoms with Crippen LogP contribution in [-0.4, -0.2) is 38.6 Å². The average Bonchev–Trinajstić information content (AvgIpc) is 2.48. The van der Waals surface area contributed by atoms with E-state index in [-0.39, 0.29) is 6.04 Å². The largest absolute Gasteiger partial charge is 0.302 e. The van der Waals surface area contributed by atoms with E-state index in [9.17, 15) is 4.91 Å². The van der Waals surface area contributed by atoms with Crippen molar-refractivity contribution in [3.05, 3.63) is 4.91 Å². The summed E-state index contributed by atoms with van der Waals surface area (Å²) >= 11 is 0. The lowest BCUT2D eigenvalue weighted by Crippen LogP contribution is -2.34. The molecule has 0 heterocycles. The van der Waals surface area contributed by atoms with Gasteiger partial charge in [-0.15, -0.1) is 0 Å². The van der Waals surface area contributed by atoms with Crippen molar-refractivity contribution in [2.75, 3.05) is 14.2 Å². The van der Waals surface area contributed by atoms with Crippen LogP contribution in [0.5, 0.6) is 0 Å². The minimum absolute atomic E-state index is 0.113. The van der Waals surface area contributed by atoms with Crippen molar-refractivity contribution >= 4 is 7.28 Å². The van der Waals surface area contributed by atoms with Crippen LogP contribution in [0, 0.1) is 4.91 Å². The van der Waals surface area contributed by atoms with Crippen molar-refractivity contribution in [2.24, 2.45) is 5.18 Å². The lowest BCUT2D eigenvalue weighted by atomic mass is 9.48. The van der Waals surface area contributed by atoms with E-state index in [0.717, 1.165) is 24.5 Å². The van der Waals surface area contributed by atoms with E-state index in [0.29, 0.717) is 6.04 Å². The highest BCUT2D eigenvalue weighted by molar-refractivity contribution is 6.39. The Balaban J connectivity index is 1.67. The molecular formula is C14H27BN2O2. The summed E-state index contributed by atoms with van der Waals surface area (Å²) in [6.45, 7) is 0. The SMILES string of the molecule is CON(C)C1CCC(BC2CCC(N=O)CC2)CC1. The summed E-state index contributed by atoms with van der Waals surface area (Å²) in [6, 6.07) is 0.721. The molecule has 2 aliphatic rings. The van der Waals surface area contributed by atoms with Gasteiger partial charge in [-0.05, 0) is 25.7 Å². The maximum absolute atomic E-state index is 10.5. The molecule has 0 saturated heterocycles. The summed E-state index contributed by atoms with van der Waals surface area (Å²) in [7, 11) is 5.17. The first-order valence-electron chi connectivity index (χ1n) is 7.82. The fourth-order valence-electron chi connectivity index (χ4n) is 3.85. The second kappa shape index (κ2) is 7.39. The van der Waals surface area contributed by atoms with E-state index in [4.69, 9.17) is 4.84 Å². The second-order valence-corrected chi connectivity index (χ2v) is 6.42. The van der Waals surface area contributed by atoms with Gasteiger partial charge in [-0.2, -0.15) is 9.97 Å². The third-order valence-corrected chi connectivity index (χ3v) is 5.25. The van der Waals surface area contributed by atoms with E-state index >= 15 is 0 Å². The van der Waals surface area contributed by atoms with Crippen molar-refractivity contribution < 1.29 is 4.84 Å². The molecule has 0 unspecified atom stereocenters.